The predicted molar refractivity (Wildman–Crippen MR) is 136 cm³/mol. The number of ether oxygens (including phenoxy) is 2. The number of carbonyl (C=O) groups excluding carboxylic acids is 1. The number of furan rings is 1. The van der Waals surface area contributed by atoms with Crippen LogP contribution in [0.5, 0.6) is 5.75 Å². The van der Waals surface area contributed by atoms with E-state index in [1.54, 1.807) is 6.92 Å². The van der Waals surface area contributed by atoms with Crippen molar-refractivity contribution in [3.05, 3.63) is 59.4 Å². The molecule has 0 saturated carbocycles. The minimum atomic E-state index is -0.364. The third-order valence-corrected chi connectivity index (χ3v) is 5.72. The molecule has 0 aliphatic rings. The molecule has 0 saturated heterocycles. The number of allylic oxidation sites excluding steroid dienone is 1. The number of para-hydroxylation sites is 1. The fraction of sp³-hybridized carbons (Fsp3) is 0.414. The van der Waals surface area contributed by atoms with Crippen LogP contribution in [-0.2, 0) is 9.53 Å². The van der Waals surface area contributed by atoms with E-state index in [9.17, 15) is 4.79 Å². The van der Waals surface area contributed by atoms with Gasteiger partial charge in [0, 0.05) is 22.6 Å². The predicted octanol–water partition coefficient (Wildman–Crippen LogP) is 8.10. The third kappa shape index (κ3) is 5.50. The lowest BCUT2D eigenvalue weighted by molar-refractivity contribution is -0.137. The Morgan fingerprint density at radius 2 is 1.79 bits per heavy atom. The van der Waals surface area contributed by atoms with Gasteiger partial charge in [0.2, 0.25) is 0 Å². The highest BCUT2D eigenvalue weighted by Gasteiger charge is 2.21. The van der Waals surface area contributed by atoms with Crippen LogP contribution in [0.2, 0.25) is 0 Å². The van der Waals surface area contributed by atoms with Gasteiger partial charge in [0.25, 0.3) is 0 Å². The van der Waals surface area contributed by atoms with Crippen molar-refractivity contribution in [3.8, 4) is 16.9 Å². The summed E-state index contributed by atoms with van der Waals surface area (Å²) in [7, 11) is 0. The molecule has 4 nitrogen and oxygen atoms in total. The fourth-order valence-electron chi connectivity index (χ4n) is 3.90. The highest BCUT2D eigenvalue weighted by Crippen LogP contribution is 2.43. The van der Waals surface area contributed by atoms with Crippen molar-refractivity contribution in [3.63, 3.8) is 0 Å². The lowest BCUT2D eigenvalue weighted by Gasteiger charge is -2.21. The van der Waals surface area contributed by atoms with Crippen LogP contribution >= 0.6 is 0 Å². The molecule has 0 fully saturated rings. The van der Waals surface area contributed by atoms with Crippen molar-refractivity contribution >= 4 is 22.5 Å². The molecule has 2 aromatic carbocycles. The van der Waals surface area contributed by atoms with Gasteiger partial charge in [-0.15, -0.1) is 0 Å². The van der Waals surface area contributed by atoms with E-state index in [-0.39, 0.29) is 5.97 Å². The van der Waals surface area contributed by atoms with Gasteiger partial charge in [0.15, 0.2) is 0 Å². The topological polar surface area (TPSA) is 48.7 Å². The molecule has 1 heterocycles. The van der Waals surface area contributed by atoms with Crippen LogP contribution in [0.15, 0.2) is 46.9 Å². The molecule has 176 valence electrons. The average molecular weight is 449 g/mol. The average Bonchev–Trinajstić information content (AvgIpc) is 3.21. The maximum Gasteiger partial charge on any atom is 0.331 e. The highest BCUT2D eigenvalue weighted by atomic mass is 16.5. The van der Waals surface area contributed by atoms with Crippen molar-refractivity contribution in [2.24, 2.45) is 0 Å². The largest absolute Gasteiger partial charge is 0.493 e. The smallest absolute Gasteiger partial charge is 0.331 e. The second-order valence-electron chi connectivity index (χ2n) is 9.06. The molecule has 0 N–H and O–H groups in total. The van der Waals surface area contributed by atoms with Crippen molar-refractivity contribution in [2.75, 3.05) is 13.2 Å². The summed E-state index contributed by atoms with van der Waals surface area (Å²) in [6, 6.07) is 12.7. The van der Waals surface area contributed by atoms with Crippen molar-refractivity contribution in [1.82, 2.24) is 0 Å². The Bertz CT molecular complexity index is 1150. The van der Waals surface area contributed by atoms with Gasteiger partial charge in [0.1, 0.15) is 17.1 Å². The molecule has 0 amide bonds. The van der Waals surface area contributed by atoms with Crippen LogP contribution in [0.1, 0.15) is 83.6 Å². The molecule has 0 aliphatic heterocycles. The maximum atomic E-state index is 11.9. The van der Waals surface area contributed by atoms with Gasteiger partial charge in [-0.25, -0.2) is 4.79 Å². The summed E-state index contributed by atoms with van der Waals surface area (Å²) in [5.41, 5.74) is 6.07. The normalized spacial score (nSPS) is 12.1. The molecule has 4 heteroatoms. The Labute approximate surface area is 197 Å². The van der Waals surface area contributed by atoms with Crippen molar-refractivity contribution in [1.29, 1.82) is 0 Å². The standard InChI is InChI=1S/C29H36O4/c1-8-13-32-29-24(19(5)6)15-22(18(3)4)16-25(29)23-12-10-11-21-17-26(33-28(21)23)20(7)14-27(30)31-9-2/h10-12,14-19H,8-9,13H2,1-7H3. The molecule has 0 bridgehead atoms. The van der Waals surface area contributed by atoms with Gasteiger partial charge in [0.05, 0.1) is 13.2 Å². The van der Waals surface area contributed by atoms with E-state index in [1.165, 1.54) is 17.2 Å². The van der Waals surface area contributed by atoms with Gasteiger partial charge in [-0.05, 0) is 60.9 Å². The third-order valence-electron chi connectivity index (χ3n) is 5.72. The zero-order valence-corrected chi connectivity index (χ0v) is 21.0. The Balaban J connectivity index is 2.23. The zero-order chi connectivity index (χ0) is 24.1. The Morgan fingerprint density at radius 3 is 2.42 bits per heavy atom. The van der Waals surface area contributed by atoms with E-state index < -0.39 is 0 Å². The first kappa shape index (κ1) is 24.6. The summed E-state index contributed by atoms with van der Waals surface area (Å²) in [6.07, 6.45) is 2.42. The van der Waals surface area contributed by atoms with Crippen LogP contribution in [0.4, 0.5) is 0 Å². The first-order valence-corrected chi connectivity index (χ1v) is 12.0. The number of rotatable bonds is 9. The van der Waals surface area contributed by atoms with E-state index in [0.29, 0.717) is 30.8 Å². The summed E-state index contributed by atoms with van der Waals surface area (Å²) in [5, 5.41) is 0.988. The van der Waals surface area contributed by atoms with Gasteiger partial charge in [-0.3, -0.25) is 0 Å². The first-order valence-electron chi connectivity index (χ1n) is 12.0. The molecule has 0 spiro atoms. The lowest BCUT2D eigenvalue weighted by atomic mass is 9.89. The summed E-state index contributed by atoms with van der Waals surface area (Å²) >= 11 is 0. The molecule has 33 heavy (non-hydrogen) atoms. The monoisotopic (exact) mass is 448 g/mol. The quantitative estimate of drug-likeness (QED) is 0.245. The number of hydrogen-bond donors (Lipinski definition) is 0. The van der Waals surface area contributed by atoms with Crippen LogP contribution in [0.3, 0.4) is 0 Å². The van der Waals surface area contributed by atoms with Gasteiger partial charge < -0.3 is 13.9 Å². The SMILES string of the molecule is CCCOc1c(-c2cccc3cc(C(C)=CC(=O)OCC)oc23)cc(C(C)C)cc1C(C)C. The second kappa shape index (κ2) is 10.7. The highest BCUT2D eigenvalue weighted by molar-refractivity contribution is 5.97. The lowest BCUT2D eigenvalue weighted by Crippen LogP contribution is -2.04. The maximum absolute atomic E-state index is 11.9. The summed E-state index contributed by atoms with van der Waals surface area (Å²) < 4.78 is 17.7. The van der Waals surface area contributed by atoms with Gasteiger partial charge in [-0.1, -0.05) is 58.9 Å². The molecule has 1 aromatic heterocycles. The van der Waals surface area contributed by atoms with E-state index in [0.717, 1.165) is 39.8 Å². The number of benzene rings is 2. The van der Waals surface area contributed by atoms with Crippen LogP contribution in [0, 0.1) is 0 Å². The zero-order valence-electron chi connectivity index (χ0n) is 21.0. The molecular formula is C29H36O4. The minimum absolute atomic E-state index is 0.329. The van der Waals surface area contributed by atoms with Gasteiger partial charge >= 0.3 is 5.97 Å². The van der Waals surface area contributed by atoms with Crippen molar-refractivity contribution < 1.29 is 18.7 Å². The van der Waals surface area contributed by atoms with E-state index in [2.05, 4.69) is 52.8 Å². The summed E-state index contributed by atoms with van der Waals surface area (Å²) in [5.74, 6) is 1.95. The van der Waals surface area contributed by atoms with Crippen LogP contribution in [-0.4, -0.2) is 19.2 Å². The molecule has 3 aromatic rings. The molecule has 0 atom stereocenters. The summed E-state index contributed by atoms with van der Waals surface area (Å²) in [4.78, 5) is 11.9. The molecular weight excluding hydrogens is 412 g/mol. The molecule has 0 radical (unpaired) electrons. The number of fused-ring (bicyclic) bond motifs is 1. The summed E-state index contributed by atoms with van der Waals surface area (Å²) in [6.45, 7) is 15.6. The Kier molecular flexibility index (Phi) is 8.01. The first-order chi connectivity index (χ1) is 15.8. The number of carbonyl (C=O) groups is 1. The van der Waals surface area contributed by atoms with Gasteiger partial charge in [-0.2, -0.15) is 0 Å². The van der Waals surface area contributed by atoms with E-state index >= 15 is 0 Å². The molecule has 0 aliphatic carbocycles. The van der Waals surface area contributed by atoms with Crippen LogP contribution in [0.25, 0.3) is 27.7 Å². The van der Waals surface area contributed by atoms with Crippen LogP contribution < -0.4 is 4.74 Å². The fourth-order valence-corrected chi connectivity index (χ4v) is 3.90. The van der Waals surface area contributed by atoms with E-state index in [4.69, 9.17) is 13.9 Å². The minimum Gasteiger partial charge on any atom is -0.493 e. The van der Waals surface area contributed by atoms with E-state index in [1.807, 2.05) is 25.1 Å². The molecule has 0 unspecified atom stereocenters. The second-order valence-corrected chi connectivity index (χ2v) is 9.06. The Morgan fingerprint density at radius 1 is 1.03 bits per heavy atom. The van der Waals surface area contributed by atoms with Crippen molar-refractivity contribution in [2.45, 2.75) is 66.7 Å². The number of hydrogen-bond acceptors (Lipinski definition) is 4. The Hall–Kier alpha value is -3.01. The molecule has 3 rings (SSSR count). The number of esters is 1.